The zero-order valence-electron chi connectivity index (χ0n) is 7.07. The van der Waals surface area contributed by atoms with Crippen molar-refractivity contribution >= 4 is 5.91 Å². The Bertz CT molecular complexity index is 164. The Balaban J connectivity index is 2.39. The van der Waals surface area contributed by atoms with Gasteiger partial charge in [-0.25, -0.2) is 0 Å². The molecule has 0 aliphatic heterocycles. The van der Waals surface area contributed by atoms with E-state index in [0.717, 1.165) is 25.7 Å². The molecule has 0 aromatic rings. The monoisotopic (exact) mass is 172 g/mol. The Morgan fingerprint density at radius 1 is 1.33 bits per heavy atom. The van der Waals surface area contributed by atoms with Crippen molar-refractivity contribution in [2.45, 2.75) is 37.8 Å². The molecule has 0 unspecified atom stereocenters. The van der Waals surface area contributed by atoms with E-state index in [-0.39, 0.29) is 12.0 Å². The van der Waals surface area contributed by atoms with Gasteiger partial charge in [0.15, 0.2) is 0 Å². The minimum Gasteiger partial charge on any atom is -0.383 e. The fourth-order valence-electron chi connectivity index (χ4n) is 1.69. The Labute approximate surface area is 71.9 Å². The molecule has 1 atom stereocenters. The maximum Gasteiger partial charge on any atom is 0.246 e. The van der Waals surface area contributed by atoms with E-state index < -0.39 is 12.0 Å². The van der Waals surface area contributed by atoms with Gasteiger partial charge >= 0.3 is 0 Å². The topological polar surface area (TPSA) is 89.3 Å². The van der Waals surface area contributed by atoms with Gasteiger partial charge in [0.2, 0.25) is 5.91 Å². The molecule has 1 rings (SSSR count). The Hall–Kier alpha value is -0.610. The van der Waals surface area contributed by atoms with E-state index >= 15 is 0 Å². The van der Waals surface area contributed by atoms with Gasteiger partial charge in [-0.05, 0) is 31.6 Å². The molecule has 5 N–H and O–H groups in total. The number of hydrogen-bond acceptors (Lipinski definition) is 3. The predicted octanol–water partition coefficient (Wildman–Crippen LogP) is -0.650. The smallest absolute Gasteiger partial charge is 0.246 e. The third-order valence-corrected chi connectivity index (χ3v) is 2.55. The van der Waals surface area contributed by atoms with Gasteiger partial charge in [0, 0.05) is 6.04 Å². The van der Waals surface area contributed by atoms with Crippen LogP contribution in [-0.2, 0) is 4.79 Å². The van der Waals surface area contributed by atoms with Crippen LogP contribution in [0.5, 0.6) is 0 Å². The summed E-state index contributed by atoms with van der Waals surface area (Å²) in [5.41, 5.74) is 10.7. The highest BCUT2D eigenvalue weighted by molar-refractivity contribution is 5.78. The summed E-state index contributed by atoms with van der Waals surface area (Å²) >= 11 is 0. The van der Waals surface area contributed by atoms with Crippen LogP contribution in [0.1, 0.15) is 25.7 Å². The molecule has 4 nitrogen and oxygen atoms in total. The van der Waals surface area contributed by atoms with Crippen LogP contribution < -0.4 is 11.5 Å². The molecule has 0 heterocycles. The van der Waals surface area contributed by atoms with Crippen LogP contribution in [-0.4, -0.2) is 23.2 Å². The molecule has 1 fully saturated rings. The number of carbonyl (C=O) groups excluding carboxylic acids is 1. The molecular weight excluding hydrogens is 156 g/mol. The SMILES string of the molecule is NC(=O)[C@@H](O)C1CCC(N)CC1. The number of amides is 1. The number of aliphatic hydroxyl groups is 1. The molecule has 1 saturated carbocycles. The van der Waals surface area contributed by atoms with E-state index in [1.54, 1.807) is 0 Å². The number of carbonyl (C=O) groups is 1. The maximum absolute atomic E-state index is 10.6. The van der Waals surface area contributed by atoms with Crippen LogP contribution in [0.25, 0.3) is 0 Å². The van der Waals surface area contributed by atoms with E-state index in [4.69, 9.17) is 11.5 Å². The minimum absolute atomic E-state index is 0.0299. The third-order valence-electron chi connectivity index (χ3n) is 2.55. The highest BCUT2D eigenvalue weighted by Gasteiger charge is 2.27. The number of hydrogen-bond donors (Lipinski definition) is 3. The van der Waals surface area contributed by atoms with Crippen LogP contribution in [0, 0.1) is 5.92 Å². The van der Waals surface area contributed by atoms with Crippen molar-refractivity contribution in [3.05, 3.63) is 0 Å². The van der Waals surface area contributed by atoms with E-state index in [1.807, 2.05) is 0 Å². The molecule has 1 amide bonds. The quantitative estimate of drug-likeness (QED) is 0.517. The minimum atomic E-state index is -0.975. The first-order chi connectivity index (χ1) is 5.61. The molecule has 12 heavy (non-hydrogen) atoms. The average molecular weight is 172 g/mol. The number of nitrogens with two attached hydrogens (primary N) is 2. The zero-order valence-corrected chi connectivity index (χ0v) is 7.07. The summed E-state index contributed by atoms with van der Waals surface area (Å²) in [6.45, 7) is 0. The average Bonchev–Trinajstić information content (AvgIpc) is 2.04. The van der Waals surface area contributed by atoms with Crippen molar-refractivity contribution in [3.8, 4) is 0 Å². The molecule has 0 aromatic carbocycles. The van der Waals surface area contributed by atoms with Gasteiger partial charge in [-0.1, -0.05) is 0 Å². The molecule has 0 saturated heterocycles. The Morgan fingerprint density at radius 3 is 2.25 bits per heavy atom. The second-order valence-electron chi connectivity index (χ2n) is 3.52. The first-order valence-corrected chi connectivity index (χ1v) is 4.34. The lowest BCUT2D eigenvalue weighted by atomic mass is 9.83. The van der Waals surface area contributed by atoms with Crippen molar-refractivity contribution in [1.82, 2.24) is 0 Å². The predicted molar refractivity (Wildman–Crippen MR) is 45.1 cm³/mol. The van der Waals surface area contributed by atoms with Gasteiger partial charge in [0.25, 0.3) is 0 Å². The lowest BCUT2D eigenvalue weighted by Gasteiger charge is -2.27. The van der Waals surface area contributed by atoms with Gasteiger partial charge in [-0.2, -0.15) is 0 Å². The lowest BCUT2D eigenvalue weighted by molar-refractivity contribution is -0.129. The second-order valence-corrected chi connectivity index (χ2v) is 3.52. The second kappa shape index (κ2) is 3.87. The number of rotatable bonds is 2. The van der Waals surface area contributed by atoms with Gasteiger partial charge in [-0.3, -0.25) is 4.79 Å². The normalized spacial score (nSPS) is 32.8. The summed E-state index contributed by atoms with van der Waals surface area (Å²) in [6, 6.07) is 0.237. The largest absolute Gasteiger partial charge is 0.383 e. The first-order valence-electron chi connectivity index (χ1n) is 4.34. The fraction of sp³-hybridized carbons (Fsp3) is 0.875. The van der Waals surface area contributed by atoms with Crippen molar-refractivity contribution in [3.63, 3.8) is 0 Å². The highest BCUT2D eigenvalue weighted by atomic mass is 16.3. The van der Waals surface area contributed by atoms with Gasteiger partial charge < -0.3 is 16.6 Å². The third kappa shape index (κ3) is 2.19. The summed E-state index contributed by atoms with van der Waals surface area (Å²) in [7, 11) is 0. The number of primary amides is 1. The van der Waals surface area contributed by atoms with Crippen molar-refractivity contribution in [1.29, 1.82) is 0 Å². The summed E-state index contributed by atoms with van der Waals surface area (Å²) in [5.74, 6) is -0.585. The number of aliphatic hydroxyl groups excluding tert-OH is 1. The summed E-state index contributed by atoms with van der Waals surface area (Å²) in [4.78, 5) is 10.6. The molecule has 0 aromatic heterocycles. The van der Waals surface area contributed by atoms with Gasteiger partial charge in [-0.15, -0.1) is 0 Å². The van der Waals surface area contributed by atoms with E-state index in [9.17, 15) is 9.90 Å². The van der Waals surface area contributed by atoms with Crippen LogP contribution >= 0.6 is 0 Å². The maximum atomic E-state index is 10.6. The summed E-state index contributed by atoms with van der Waals surface area (Å²) in [6.07, 6.45) is 2.41. The van der Waals surface area contributed by atoms with E-state index in [0.29, 0.717) is 0 Å². The summed E-state index contributed by atoms with van der Waals surface area (Å²) < 4.78 is 0. The first kappa shape index (κ1) is 9.48. The zero-order chi connectivity index (χ0) is 9.14. The highest BCUT2D eigenvalue weighted by Crippen LogP contribution is 2.25. The van der Waals surface area contributed by atoms with E-state index in [1.165, 1.54) is 0 Å². The van der Waals surface area contributed by atoms with Crippen LogP contribution in [0.3, 0.4) is 0 Å². The molecule has 0 bridgehead atoms. The van der Waals surface area contributed by atoms with Gasteiger partial charge in [0.1, 0.15) is 6.10 Å². The molecule has 0 spiro atoms. The van der Waals surface area contributed by atoms with Crippen molar-refractivity contribution in [2.24, 2.45) is 17.4 Å². The van der Waals surface area contributed by atoms with Crippen molar-refractivity contribution < 1.29 is 9.90 Å². The van der Waals surface area contributed by atoms with Gasteiger partial charge in [0.05, 0.1) is 0 Å². The molecule has 0 radical (unpaired) electrons. The molecule has 4 heteroatoms. The van der Waals surface area contributed by atoms with Crippen LogP contribution in [0.4, 0.5) is 0 Å². The molecule has 1 aliphatic rings. The van der Waals surface area contributed by atoms with Crippen LogP contribution in [0.15, 0.2) is 0 Å². The Kier molecular flexibility index (Phi) is 3.05. The molecule has 70 valence electrons. The summed E-state index contributed by atoms with van der Waals surface area (Å²) in [5, 5.41) is 9.32. The van der Waals surface area contributed by atoms with E-state index in [2.05, 4.69) is 0 Å². The lowest BCUT2D eigenvalue weighted by Crippen LogP contribution is -2.39. The Morgan fingerprint density at radius 2 is 1.83 bits per heavy atom. The fourth-order valence-corrected chi connectivity index (χ4v) is 1.69. The molecule has 1 aliphatic carbocycles. The standard InChI is InChI=1S/C8H16N2O2/c9-6-3-1-5(2-4-6)7(11)8(10)12/h5-7,11H,1-4,9H2,(H2,10,12)/t5?,6?,7-/m0/s1. The molecular formula is C8H16N2O2. The van der Waals surface area contributed by atoms with Crippen molar-refractivity contribution in [2.75, 3.05) is 0 Å². The van der Waals surface area contributed by atoms with Crippen LogP contribution in [0.2, 0.25) is 0 Å².